The fraction of sp³-hybridized carbons (Fsp3) is 0.125. The quantitative estimate of drug-likeness (QED) is 0.806. The molecule has 0 atom stereocenters. The van der Waals surface area contributed by atoms with E-state index in [0.29, 0.717) is 17.2 Å². The van der Waals surface area contributed by atoms with Crippen molar-refractivity contribution in [3.8, 4) is 0 Å². The summed E-state index contributed by atoms with van der Waals surface area (Å²) < 4.78 is 1.70. The Balaban J connectivity index is 1.96. The van der Waals surface area contributed by atoms with Crippen LogP contribution in [0.4, 0.5) is 5.69 Å². The first-order valence-corrected chi connectivity index (χ1v) is 6.99. The highest BCUT2D eigenvalue weighted by atomic mass is 35.5. The summed E-state index contributed by atoms with van der Waals surface area (Å²) in [7, 11) is 0. The van der Waals surface area contributed by atoms with Crippen molar-refractivity contribution in [2.45, 2.75) is 13.6 Å². The molecule has 4 nitrogen and oxygen atoms in total. The van der Waals surface area contributed by atoms with E-state index in [4.69, 9.17) is 11.6 Å². The number of halogens is 1. The predicted octanol–water partition coefficient (Wildman–Crippen LogP) is 3.43. The fourth-order valence-electron chi connectivity index (χ4n) is 2.28. The van der Waals surface area contributed by atoms with Crippen molar-refractivity contribution in [2.24, 2.45) is 0 Å². The van der Waals surface area contributed by atoms with Crippen LogP contribution in [0.15, 0.2) is 53.3 Å². The summed E-state index contributed by atoms with van der Waals surface area (Å²) in [4.78, 5) is 12.2. The van der Waals surface area contributed by atoms with Gasteiger partial charge in [0.2, 0.25) is 5.43 Å². The highest BCUT2D eigenvalue weighted by Gasteiger charge is 2.08. The molecule has 0 amide bonds. The number of rotatable bonds is 3. The molecule has 0 aliphatic heterocycles. The molecule has 1 aromatic heterocycles. The lowest BCUT2D eigenvalue weighted by atomic mass is 10.3. The van der Waals surface area contributed by atoms with Gasteiger partial charge in [0.05, 0.1) is 5.69 Å². The summed E-state index contributed by atoms with van der Waals surface area (Å²) in [6.07, 6.45) is 0. The Kier molecular flexibility index (Phi) is 3.62. The van der Waals surface area contributed by atoms with Crippen LogP contribution in [0.25, 0.3) is 10.9 Å². The second kappa shape index (κ2) is 5.58. The standard InChI is InChI=1S/C16H14ClN3O/c1-11-14-4-2-3-5-15(21)16(14)20(19-11)10-18-13-8-6-12(17)7-9-13/h2-9,18H,10H2,1H3. The molecular weight excluding hydrogens is 286 g/mol. The van der Waals surface area contributed by atoms with E-state index in [2.05, 4.69) is 10.4 Å². The van der Waals surface area contributed by atoms with E-state index in [0.717, 1.165) is 16.8 Å². The zero-order chi connectivity index (χ0) is 14.8. The van der Waals surface area contributed by atoms with Gasteiger partial charge in [-0.25, -0.2) is 4.68 Å². The smallest absolute Gasteiger partial charge is 0.204 e. The molecular formula is C16H14ClN3O. The number of anilines is 1. The van der Waals surface area contributed by atoms with Crippen LogP contribution in [0.3, 0.4) is 0 Å². The van der Waals surface area contributed by atoms with Crippen molar-refractivity contribution in [1.29, 1.82) is 0 Å². The Bertz CT molecular complexity index is 840. The van der Waals surface area contributed by atoms with E-state index in [1.165, 1.54) is 0 Å². The largest absolute Gasteiger partial charge is 0.366 e. The lowest BCUT2D eigenvalue weighted by molar-refractivity contribution is 0.685. The van der Waals surface area contributed by atoms with Crippen molar-refractivity contribution >= 4 is 28.2 Å². The van der Waals surface area contributed by atoms with Gasteiger partial charge >= 0.3 is 0 Å². The summed E-state index contributed by atoms with van der Waals surface area (Å²) in [6.45, 7) is 2.33. The first-order valence-electron chi connectivity index (χ1n) is 6.61. The molecule has 0 saturated heterocycles. The third-order valence-corrected chi connectivity index (χ3v) is 3.56. The molecule has 0 aliphatic carbocycles. The molecule has 0 aliphatic rings. The topological polar surface area (TPSA) is 46.9 Å². The Labute approximate surface area is 127 Å². The van der Waals surface area contributed by atoms with Crippen LogP contribution >= 0.6 is 11.6 Å². The van der Waals surface area contributed by atoms with Crippen LogP contribution in [0.2, 0.25) is 5.02 Å². The third kappa shape index (κ3) is 2.76. The number of aryl methyl sites for hydroxylation is 1. The van der Waals surface area contributed by atoms with E-state index in [-0.39, 0.29) is 5.43 Å². The molecule has 1 heterocycles. The summed E-state index contributed by atoms with van der Waals surface area (Å²) in [5.74, 6) is 0. The zero-order valence-electron chi connectivity index (χ0n) is 11.5. The molecule has 3 aromatic rings. The van der Waals surface area contributed by atoms with Crippen molar-refractivity contribution in [1.82, 2.24) is 9.78 Å². The number of aromatic nitrogens is 2. The summed E-state index contributed by atoms with van der Waals surface area (Å²) >= 11 is 5.86. The highest BCUT2D eigenvalue weighted by molar-refractivity contribution is 6.30. The summed E-state index contributed by atoms with van der Waals surface area (Å²) in [5, 5.41) is 9.24. The molecule has 0 radical (unpaired) electrons. The number of benzene rings is 1. The molecule has 0 unspecified atom stereocenters. The number of hydrogen-bond acceptors (Lipinski definition) is 3. The van der Waals surface area contributed by atoms with Gasteiger partial charge in [0.15, 0.2) is 0 Å². The Hall–Kier alpha value is -2.33. The Morgan fingerprint density at radius 3 is 2.62 bits per heavy atom. The molecule has 0 spiro atoms. The first kappa shape index (κ1) is 13.6. The Morgan fingerprint density at radius 2 is 1.86 bits per heavy atom. The van der Waals surface area contributed by atoms with E-state index in [1.54, 1.807) is 16.8 Å². The number of nitrogens with one attached hydrogen (secondary N) is 1. The van der Waals surface area contributed by atoms with Crippen molar-refractivity contribution in [3.63, 3.8) is 0 Å². The van der Waals surface area contributed by atoms with Crippen molar-refractivity contribution in [3.05, 3.63) is 69.5 Å². The van der Waals surface area contributed by atoms with E-state index >= 15 is 0 Å². The second-order valence-electron chi connectivity index (χ2n) is 4.77. The van der Waals surface area contributed by atoms with Gasteiger partial charge in [-0.3, -0.25) is 4.79 Å². The van der Waals surface area contributed by atoms with Crippen molar-refractivity contribution < 1.29 is 0 Å². The lowest BCUT2D eigenvalue weighted by Crippen LogP contribution is -2.13. The van der Waals surface area contributed by atoms with E-state index in [9.17, 15) is 4.79 Å². The fourth-order valence-corrected chi connectivity index (χ4v) is 2.40. The van der Waals surface area contributed by atoms with Gasteiger partial charge < -0.3 is 5.32 Å². The van der Waals surface area contributed by atoms with Gasteiger partial charge in [-0.1, -0.05) is 29.8 Å². The molecule has 5 heteroatoms. The van der Waals surface area contributed by atoms with E-state index in [1.807, 2.05) is 43.3 Å². The third-order valence-electron chi connectivity index (χ3n) is 3.31. The molecule has 106 valence electrons. The molecule has 3 rings (SSSR count). The molecule has 0 bridgehead atoms. The Morgan fingerprint density at radius 1 is 1.14 bits per heavy atom. The van der Waals surface area contributed by atoms with Gasteiger partial charge in [-0.05, 0) is 37.3 Å². The summed E-state index contributed by atoms with van der Waals surface area (Å²) in [5.41, 5.74) is 2.34. The average molecular weight is 300 g/mol. The molecule has 21 heavy (non-hydrogen) atoms. The van der Waals surface area contributed by atoms with Gasteiger partial charge in [-0.2, -0.15) is 5.10 Å². The van der Waals surface area contributed by atoms with Crippen LogP contribution < -0.4 is 10.7 Å². The van der Waals surface area contributed by atoms with Gasteiger partial charge in [0.1, 0.15) is 12.2 Å². The minimum absolute atomic E-state index is 0.0338. The maximum atomic E-state index is 12.2. The maximum absolute atomic E-state index is 12.2. The number of fused-ring (bicyclic) bond motifs is 1. The van der Waals surface area contributed by atoms with Crippen LogP contribution in [0, 0.1) is 6.92 Å². The van der Waals surface area contributed by atoms with Crippen LogP contribution in [0.1, 0.15) is 5.69 Å². The van der Waals surface area contributed by atoms with Crippen LogP contribution in [0.5, 0.6) is 0 Å². The second-order valence-corrected chi connectivity index (χ2v) is 5.21. The normalized spacial score (nSPS) is 10.8. The first-order chi connectivity index (χ1) is 10.1. The van der Waals surface area contributed by atoms with Crippen LogP contribution in [-0.4, -0.2) is 9.78 Å². The van der Waals surface area contributed by atoms with Gasteiger partial charge in [-0.15, -0.1) is 0 Å². The van der Waals surface area contributed by atoms with Gasteiger partial charge in [0.25, 0.3) is 0 Å². The maximum Gasteiger partial charge on any atom is 0.204 e. The highest BCUT2D eigenvalue weighted by Crippen LogP contribution is 2.16. The molecule has 0 saturated carbocycles. The minimum Gasteiger partial charge on any atom is -0.366 e. The minimum atomic E-state index is -0.0338. The van der Waals surface area contributed by atoms with Crippen molar-refractivity contribution in [2.75, 3.05) is 5.32 Å². The average Bonchev–Trinajstić information content (AvgIpc) is 2.65. The van der Waals surface area contributed by atoms with Gasteiger partial charge in [0, 0.05) is 16.1 Å². The van der Waals surface area contributed by atoms with E-state index < -0.39 is 0 Å². The summed E-state index contributed by atoms with van der Waals surface area (Å²) in [6, 6.07) is 14.5. The predicted molar refractivity (Wildman–Crippen MR) is 85.8 cm³/mol. The number of nitrogens with zero attached hydrogens (tertiary/aromatic N) is 2. The molecule has 2 aromatic carbocycles. The monoisotopic (exact) mass is 299 g/mol. The zero-order valence-corrected chi connectivity index (χ0v) is 12.3. The molecule has 1 N–H and O–H groups in total. The SMILES string of the molecule is Cc1nn(CNc2ccc(Cl)cc2)c2c(=O)ccccc12. The lowest BCUT2D eigenvalue weighted by Gasteiger charge is -2.07. The molecule has 0 fully saturated rings. The number of hydrogen-bond donors (Lipinski definition) is 1. The van der Waals surface area contributed by atoms with Crippen LogP contribution in [-0.2, 0) is 6.67 Å².